The van der Waals surface area contributed by atoms with Gasteiger partial charge in [0.05, 0.1) is 19.3 Å². The number of carbonyl (C=O) groups excluding carboxylic acids is 1. The zero-order chi connectivity index (χ0) is 14.5. The quantitative estimate of drug-likeness (QED) is 0.456. The zero-order valence-electron chi connectivity index (χ0n) is 10.1. The highest BCUT2D eigenvalue weighted by molar-refractivity contribution is 5.96. The van der Waals surface area contributed by atoms with Crippen LogP contribution in [0.4, 0.5) is 17.6 Å². The molecule has 3 nitrogen and oxygen atoms in total. The first-order valence-corrected chi connectivity index (χ1v) is 5.34. The molecule has 0 heterocycles. The van der Waals surface area contributed by atoms with Crippen molar-refractivity contribution in [2.45, 2.75) is 12.6 Å². The predicted molar refractivity (Wildman–Crippen MR) is 58.8 cm³/mol. The van der Waals surface area contributed by atoms with Crippen LogP contribution >= 0.6 is 0 Å². The Hall–Kier alpha value is -1.63. The number of alkyl halides is 3. The number of methoxy groups -OCH3 is 1. The molecular weight excluding hydrogens is 268 g/mol. The molecule has 1 aromatic rings. The van der Waals surface area contributed by atoms with Crippen LogP contribution in [0.2, 0.25) is 0 Å². The van der Waals surface area contributed by atoms with Crippen molar-refractivity contribution in [2.75, 3.05) is 20.3 Å². The van der Waals surface area contributed by atoms with E-state index in [4.69, 9.17) is 4.74 Å². The van der Waals surface area contributed by atoms with Gasteiger partial charge in [0.15, 0.2) is 5.78 Å². The fourth-order valence-electron chi connectivity index (χ4n) is 1.34. The molecule has 0 saturated carbocycles. The summed E-state index contributed by atoms with van der Waals surface area (Å²) in [5.41, 5.74) is -0.198. The van der Waals surface area contributed by atoms with Crippen molar-refractivity contribution in [3.8, 4) is 5.75 Å². The average molecular weight is 280 g/mol. The molecule has 0 unspecified atom stereocenters. The van der Waals surface area contributed by atoms with Crippen LogP contribution < -0.4 is 4.74 Å². The van der Waals surface area contributed by atoms with E-state index < -0.39 is 31.0 Å². The molecule has 0 radical (unpaired) electrons. The molecule has 0 fully saturated rings. The highest BCUT2D eigenvalue weighted by atomic mass is 19.4. The van der Waals surface area contributed by atoms with Crippen molar-refractivity contribution in [1.29, 1.82) is 0 Å². The highest BCUT2D eigenvalue weighted by Crippen LogP contribution is 2.18. The molecule has 1 aromatic carbocycles. The molecule has 0 saturated heterocycles. The summed E-state index contributed by atoms with van der Waals surface area (Å²) in [4.78, 5) is 11.5. The number of ketones is 1. The maximum atomic E-state index is 13.5. The Kier molecular flexibility index (Phi) is 5.29. The zero-order valence-corrected chi connectivity index (χ0v) is 10.1. The third-order valence-electron chi connectivity index (χ3n) is 2.22. The second kappa shape index (κ2) is 6.51. The van der Waals surface area contributed by atoms with E-state index in [1.807, 2.05) is 0 Å². The van der Waals surface area contributed by atoms with Crippen molar-refractivity contribution < 1.29 is 31.8 Å². The molecule has 106 valence electrons. The molecule has 0 N–H and O–H groups in total. The molecule has 0 aliphatic heterocycles. The Balaban J connectivity index is 2.50. The Morgan fingerprint density at radius 1 is 1.32 bits per heavy atom. The van der Waals surface area contributed by atoms with Gasteiger partial charge in [-0.25, -0.2) is 4.39 Å². The smallest absolute Gasteiger partial charge is 0.411 e. The number of halogens is 4. The van der Waals surface area contributed by atoms with Gasteiger partial charge in [0.2, 0.25) is 0 Å². The summed E-state index contributed by atoms with van der Waals surface area (Å²) in [6, 6.07) is 3.65. The predicted octanol–water partition coefficient (Wildman–Crippen LogP) is 2.99. The van der Waals surface area contributed by atoms with Gasteiger partial charge in [-0.1, -0.05) is 0 Å². The molecule has 19 heavy (non-hydrogen) atoms. The van der Waals surface area contributed by atoms with E-state index in [-0.39, 0.29) is 17.7 Å². The van der Waals surface area contributed by atoms with E-state index in [1.54, 1.807) is 0 Å². The summed E-state index contributed by atoms with van der Waals surface area (Å²) < 4.78 is 57.8. The van der Waals surface area contributed by atoms with Gasteiger partial charge in [-0.05, 0) is 12.1 Å². The third kappa shape index (κ3) is 5.25. The summed E-state index contributed by atoms with van der Waals surface area (Å²) in [6.45, 7) is -1.84. The first-order chi connectivity index (χ1) is 8.83. The molecular formula is C12H12F4O3. The van der Waals surface area contributed by atoms with Crippen molar-refractivity contribution in [3.63, 3.8) is 0 Å². The van der Waals surface area contributed by atoms with Crippen LogP contribution in [0.15, 0.2) is 18.2 Å². The molecule has 7 heteroatoms. The standard InChI is InChI=1S/C12H12F4O3/c1-18-8-2-3-9(10(13)6-8)11(17)4-5-19-7-12(14,15)16/h2-3,6H,4-5,7H2,1H3. The van der Waals surface area contributed by atoms with Crippen LogP contribution in [0.25, 0.3) is 0 Å². The summed E-state index contributed by atoms with van der Waals surface area (Å²) in [6.07, 6.45) is -4.76. The molecule has 0 spiro atoms. The fraction of sp³-hybridized carbons (Fsp3) is 0.417. The van der Waals surface area contributed by atoms with E-state index >= 15 is 0 Å². The third-order valence-corrected chi connectivity index (χ3v) is 2.22. The molecule has 0 atom stereocenters. The summed E-state index contributed by atoms with van der Waals surface area (Å²) in [5, 5.41) is 0. The Bertz CT molecular complexity index is 443. The van der Waals surface area contributed by atoms with Gasteiger partial charge in [0.25, 0.3) is 0 Å². The number of hydrogen-bond acceptors (Lipinski definition) is 3. The Morgan fingerprint density at radius 3 is 2.53 bits per heavy atom. The summed E-state index contributed by atoms with van der Waals surface area (Å²) >= 11 is 0. The van der Waals surface area contributed by atoms with Crippen LogP contribution in [-0.4, -0.2) is 32.3 Å². The number of ether oxygens (including phenoxy) is 2. The molecule has 0 bridgehead atoms. The first-order valence-electron chi connectivity index (χ1n) is 5.34. The summed E-state index contributed by atoms with van der Waals surface area (Å²) in [7, 11) is 1.35. The first kappa shape index (κ1) is 15.4. The lowest BCUT2D eigenvalue weighted by atomic mass is 10.1. The van der Waals surface area contributed by atoms with Crippen LogP contribution in [0.1, 0.15) is 16.8 Å². The second-order valence-electron chi connectivity index (χ2n) is 3.69. The second-order valence-corrected chi connectivity index (χ2v) is 3.69. The van der Waals surface area contributed by atoms with Gasteiger partial charge in [0, 0.05) is 12.5 Å². The van der Waals surface area contributed by atoms with Crippen molar-refractivity contribution >= 4 is 5.78 Å². The van der Waals surface area contributed by atoms with Crippen molar-refractivity contribution in [2.24, 2.45) is 0 Å². The normalized spacial score (nSPS) is 11.4. The van der Waals surface area contributed by atoms with E-state index in [0.717, 1.165) is 6.07 Å². The minimum absolute atomic E-state index is 0.198. The number of Topliss-reactive ketones (excluding diaryl/α,β-unsaturated/α-hetero) is 1. The Morgan fingerprint density at radius 2 is 2.00 bits per heavy atom. The van der Waals surface area contributed by atoms with Gasteiger partial charge in [-0.15, -0.1) is 0 Å². The number of hydrogen-bond donors (Lipinski definition) is 0. The van der Waals surface area contributed by atoms with E-state index in [0.29, 0.717) is 0 Å². The van der Waals surface area contributed by atoms with Crippen LogP contribution in [0.5, 0.6) is 5.75 Å². The lowest BCUT2D eigenvalue weighted by Crippen LogP contribution is -2.18. The number of carbonyl (C=O) groups is 1. The van der Waals surface area contributed by atoms with Gasteiger partial charge in [-0.2, -0.15) is 13.2 Å². The van der Waals surface area contributed by atoms with Crippen molar-refractivity contribution in [1.82, 2.24) is 0 Å². The maximum absolute atomic E-state index is 13.5. The largest absolute Gasteiger partial charge is 0.497 e. The van der Waals surface area contributed by atoms with E-state index in [2.05, 4.69) is 4.74 Å². The molecule has 0 aromatic heterocycles. The molecule has 0 aliphatic rings. The van der Waals surface area contributed by atoms with Crippen LogP contribution in [0, 0.1) is 5.82 Å². The van der Waals surface area contributed by atoms with E-state index in [9.17, 15) is 22.4 Å². The van der Waals surface area contributed by atoms with Crippen molar-refractivity contribution in [3.05, 3.63) is 29.6 Å². The number of benzene rings is 1. The number of rotatable bonds is 6. The lowest BCUT2D eigenvalue weighted by molar-refractivity contribution is -0.173. The average Bonchev–Trinajstić information content (AvgIpc) is 2.33. The Labute approximate surface area is 107 Å². The molecule has 0 amide bonds. The summed E-state index contributed by atoms with van der Waals surface area (Å²) in [5.74, 6) is -1.15. The SMILES string of the molecule is COc1ccc(C(=O)CCOCC(F)(F)F)c(F)c1. The van der Waals surface area contributed by atoms with Crippen LogP contribution in [-0.2, 0) is 4.74 Å². The highest BCUT2D eigenvalue weighted by Gasteiger charge is 2.27. The lowest BCUT2D eigenvalue weighted by Gasteiger charge is -2.08. The maximum Gasteiger partial charge on any atom is 0.411 e. The topological polar surface area (TPSA) is 35.5 Å². The minimum atomic E-state index is -4.44. The minimum Gasteiger partial charge on any atom is -0.497 e. The fourth-order valence-corrected chi connectivity index (χ4v) is 1.34. The van der Waals surface area contributed by atoms with Crippen LogP contribution in [0.3, 0.4) is 0 Å². The molecule has 1 rings (SSSR count). The van der Waals surface area contributed by atoms with E-state index in [1.165, 1.54) is 19.2 Å². The van der Waals surface area contributed by atoms with Gasteiger partial charge < -0.3 is 9.47 Å². The van der Waals surface area contributed by atoms with Gasteiger partial charge in [-0.3, -0.25) is 4.79 Å². The monoisotopic (exact) mass is 280 g/mol. The van der Waals surface area contributed by atoms with Gasteiger partial charge in [0.1, 0.15) is 18.2 Å². The molecule has 0 aliphatic carbocycles. The van der Waals surface area contributed by atoms with Gasteiger partial charge >= 0.3 is 6.18 Å².